The first-order chi connectivity index (χ1) is 20.1. The summed E-state index contributed by atoms with van der Waals surface area (Å²) in [6.45, 7) is -0.597. The van der Waals surface area contributed by atoms with Gasteiger partial charge >= 0.3 is 0 Å². The van der Waals surface area contributed by atoms with Crippen molar-refractivity contribution in [3.8, 4) is 0 Å². The zero-order valence-electron chi connectivity index (χ0n) is 22.6. The molecular formula is C31H28Cl3N3O4S. The van der Waals surface area contributed by atoms with Crippen LogP contribution >= 0.6 is 34.8 Å². The van der Waals surface area contributed by atoms with Gasteiger partial charge in [-0.25, -0.2) is 8.42 Å². The Hall–Kier alpha value is -3.56. The molecule has 4 aromatic rings. The Kier molecular flexibility index (Phi) is 10.5. The smallest absolute Gasteiger partial charge is 0.264 e. The van der Waals surface area contributed by atoms with E-state index >= 15 is 0 Å². The number of carbonyl (C=O) groups excluding carboxylic acids is 2. The number of rotatable bonds is 11. The van der Waals surface area contributed by atoms with E-state index in [4.69, 9.17) is 34.8 Å². The molecule has 0 radical (unpaired) electrons. The number of likely N-dealkylation sites (N-methyl/N-ethyl adjacent to an activating group) is 1. The first kappa shape index (κ1) is 31.4. The summed E-state index contributed by atoms with van der Waals surface area (Å²) in [7, 11) is -2.76. The van der Waals surface area contributed by atoms with Gasteiger partial charge in [0.15, 0.2) is 0 Å². The van der Waals surface area contributed by atoms with Gasteiger partial charge in [-0.2, -0.15) is 0 Å². The van der Waals surface area contributed by atoms with E-state index in [1.807, 2.05) is 30.3 Å². The minimum absolute atomic E-state index is 0.0229. The van der Waals surface area contributed by atoms with Gasteiger partial charge in [0.2, 0.25) is 11.8 Å². The zero-order valence-corrected chi connectivity index (χ0v) is 25.7. The molecule has 0 aliphatic heterocycles. The van der Waals surface area contributed by atoms with Crippen molar-refractivity contribution in [3.63, 3.8) is 0 Å². The van der Waals surface area contributed by atoms with Gasteiger partial charge in [-0.3, -0.25) is 13.9 Å². The van der Waals surface area contributed by atoms with Gasteiger partial charge in [0.25, 0.3) is 10.0 Å². The number of halogens is 3. The minimum atomic E-state index is -4.25. The third kappa shape index (κ3) is 7.83. The van der Waals surface area contributed by atoms with Crippen molar-refractivity contribution < 1.29 is 18.0 Å². The fourth-order valence-corrected chi connectivity index (χ4v) is 6.50. The van der Waals surface area contributed by atoms with Crippen molar-refractivity contribution in [1.29, 1.82) is 0 Å². The van der Waals surface area contributed by atoms with E-state index in [-0.39, 0.29) is 33.6 Å². The van der Waals surface area contributed by atoms with Crippen LogP contribution in [0.2, 0.25) is 15.1 Å². The van der Waals surface area contributed by atoms with E-state index in [9.17, 15) is 18.0 Å². The first-order valence-corrected chi connectivity index (χ1v) is 15.5. The van der Waals surface area contributed by atoms with E-state index < -0.39 is 34.4 Å². The lowest BCUT2D eigenvalue weighted by Gasteiger charge is -2.33. The molecule has 0 bridgehead atoms. The Morgan fingerprint density at radius 1 is 0.762 bits per heavy atom. The van der Waals surface area contributed by atoms with Crippen molar-refractivity contribution in [2.75, 3.05) is 17.9 Å². The van der Waals surface area contributed by atoms with E-state index in [2.05, 4.69) is 5.32 Å². The molecule has 0 heterocycles. The van der Waals surface area contributed by atoms with Gasteiger partial charge in [-0.1, -0.05) is 95.5 Å². The fraction of sp³-hybridized carbons (Fsp3) is 0.161. The quantitative estimate of drug-likeness (QED) is 0.210. The predicted molar refractivity (Wildman–Crippen MR) is 167 cm³/mol. The minimum Gasteiger partial charge on any atom is -0.357 e. The summed E-state index contributed by atoms with van der Waals surface area (Å²) in [5.41, 5.74) is 1.64. The molecule has 0 saturated heterocycles. The van der Waals surface area contributed by atoms with Gasteiger partial charge in [0.05, 0.1) is 10.6 Å². The number of hydrogen-bond acceptors (Lipinski definition) is 4. The predicted octanol–water partition coefficient (Wildman–Crippen LogP) is 6.23. The monoisotopic (exact) mass is 643 g/mol. The Morgan fingerprint density at radius 2 is 1.33 bits per heavy atom. The topological polar surface area (TPSA) is 86.8 Å². The molecule has 2 amide bonds. The second-order valence-electron chi connectivity index (χ2n) is 9.42. The highest BCUT2D eigenvalue weighted by molar-refractivity contribution is 7.92. The van der Waals surface area contributed by atoms with Crippen molar-refractivity contribution in [2.24, 2.45) is 0 Å². The van der Waals surface area contributed by atoms with Gasteiger partial charge in [-0.15, -0.1) is 0 Å². The molecule has 0 fully saturated rings. The van der Waals surface area contributed by atoms with Gasteiger partial charge in [-0.05, 0) is 53.6 Å². The summed E-state index contributed by atoms with van der Waals surface area (Å²) >= 11 is 18.6. The first-order valence-electron chi connectivity index (χ1n) is 12.9. The Bertz CT molecular complexity index is 1620. The molecule has 1 atom stereocenters. The summed E-state index contributed by atoms with van der Waals surface area (Å²) < 4.78 is 28.8. The molecule has 42 heavy (non-hydrogen) atoms. The molecule has 1 N–H and O–H groups in total. The van der Waals surface area contributed by atoms with Crippen molar-refractivity contribution in [1.82, 2.24) is 10.2 Å². The number of anilines is 1. The van der Waals surface area contributed by atoms with E-state index in [0.29, 0.717) is 10.6 Å². The highest BCUT2D eigenvalue weighted by Gasteiger charge is 2.34. The molecule has 0 aromatic heterocycles. The van der Waals surface area contributed by atoms with Crippen LogP contribution in [0.25, 0.3) is 0 Å². The van der Waals surface area contributed by atoms with Crippen LogP contribution in [0.1, 0.15) is 11.1 Å². The second kappa shape index (κ2) is 14.1. The molecule has 0 unspecified atom stereocenters. The van der Waals surface area contributed by atoms with E-state index in [1.54, 1.807) is 42.5 Å². The average Bonchev–Trinajstić information content (AvgIpc) is 2.98. The third-order valence-electron chi connectivity index (χ3n) is 6.53. The van der Waals surface area contributed by atoms with Crippen LogP contribution in [0.3, 0.4) is 0 Å². The van der Waals surface area contributed by atoms with Gasteiger partial charge in [0, 0.05) is 35.1 Å². The second-order valence-corrected chi connectivity index (χ2v) is 12.6. The van der Waals surface area contributed by atoms with Crippen LogP contribution in [0.5, 0.6) is 0 Å². The molecule has 0 spiro atoms. The van der Waals surface area contributed by atoms with Crippen LogP contribution in [-0.2, 0) is 32.6 Å². The highest BCUT2D eigenvalue weighted by atomic mass is 35.5. The lowest BCUT2D eigenvalue weighted by molar-refractivity contribution is -0.139. The maximum absolute atomic E-state index is 14.2. The van der Waals surface area contributed by atoms with Crippen molar-refractivity contribution >= 4 is 62.3 Å². The standard InChI is InChI=1S/C31H28Cl3N3O4S/c1-35-31(39)29(16-22-8-4-2-5-9-22)36(20-23-12-14-24(32)15-13-23)30(38)21-37(27-18-25(33)17-26(34)19-27)42(40,41)28-10-6-3-7-11-28/h2-15,17-19,29H,16,20-21H2,1H3,(H,35,39)/t29-/m0/s1. The molecule has 11 heteroatoms. The number of hydrogen-bond donors (Lipinski definition) is 1. The average molecular weight is 645 g/mol. The maximum atomic E-state index is 14.2. The summed E-state index contributed by atoms with van der Waals surface area (Å²) in [5, 5.41) is 3.56. The van der Waals surface area contributed by atoms with E-state index in [1.165, 1.54) is 42.3 Å². The lowest BCUT2D eigenvalue weighted by atomic mass is 10.0. The largest absolute Gasteiger partial charge is 0.357 e. The van der Waals surface area contributed by atoms with E-state index in [0.717, 1.165) is 9.87 Å². The van der Waals surface area contributed by atoms with Crippen LogP contribution in [0, 0.1) is 0 Å². The summed E-state index contributed by atoms with van der Waals surface area (Å²) in [5.74, 6) is -1.01. The zero-order chi connectivity index (χ0) is 30.3. The molecule has 0 aliphatic carbocycles. The Morgan fingerprint density at radius 3 is 1.90 bits per heavy atom. The summed E-state index contributed by atoms with van der Waals surface area (Å²) in [6.07, 6.45) is 0.203. The third-order valence-corrected chi connectivity index (χ3v) is 9.01. The Labute approximate surface area is 260 Å². The fourth-order valence-electron chi connectivity index (χ4n) is 4.44. The number of sulfonamides is 1. The Balaban J connectivity index is 1.80. The number of carbonyl (C=O) groups is 2. The van der Waals surface area contributed by atoms with Gasteiger partial charge < -0.3 is 10.2 Å². The normalized spacial score (nSPS) is 11.9. The lowest BCUT2D eigenvalue weighted by Crippen LogP contribution is -2.53. The number of nitrogens with zero attached hydrogens (tertiary/aromatic N) is 2. The number of benzene rings is 4. The summed E-state index contributed by atoms with van der Waals surface area (Å²) in [6, 6.07) is 27.3. The number of amides is 2. The summed E-state index contributed by atoms with van der Waals surface area (Å²) in [4.78, 5) is 28.9. The molecular weight excluding hydrogens is 617 g/mol. The molecule has 218 valence electrons. The van der Waals surface area contributed by atoms with Crippen LogP contribution in [0.4, 0.5) is 5.69 Å². The van der Waals surface area contributed by atoms with Crippen LogP contribution < -0.4 is 9.62 Å². The SMILES string of the molecule is CNC(=O)[C@H](Cc1ccccc1)N(Cc1ccc(Cl)cc1)C(=O)CN(c1cc(Cl)cc(Cl)c1)S(=O)(=O)c1ccccc1. The molecule has 0 aliphatic rings. The molecule has 7 nitrogen and oxygen atoms in total. The molecule has 4 rings (SSSR count). The van der Waals surface area contributed by atoms with Crippen molar-refractivity contribution in [3.05, 3.63) is 129 Å². The molecule has 4 aromatic carbocycles. The van der Waals surface area contributed by atoms with Crippen LogP contribution in [0.15, 0.2) is 108 Å². The maximum Gasteiger partial charge on any atom is 0.264 e. The number of nitrogens with one attached hydrogen (secondary N) is 1. The van der Waals surface area contributed by atoms with Crippen molar-refractivity contribution in [2.45, 2.75) is 23.9 Å². The van der Waals surface area contributed by atoms with Gasteiger partial charge in [0.1, 0.15) is 12.6 Å². The highest BCUT2D eigenvalue weighted by Crippen LogP contribution is 2.30. The van der Waals surface area contributed by atoms with Crippen LogP contribution in [-0.4, -0.2) is 44.8 Å². The molecule has 0 saturated carbocycles.